The van der Waals surface area contributed by atoms with Crippen molar-refractivity contribution < 1.29 is 54.2 Å². The van der Waals surface area contributed by atoms with Crippen molar-refractivity contribution in [2.75, 3.05) is 35.0 Å². The summed E-state index contributed by atoms with van der Waals surface area (Å²) in [4.78, 5) is 10.7. The normalized spacial score (nSPS) is 16.5. The molecule has 2 aliphatic carbocycles. The van der Waals surface area contributed by atoms with Gasteiger partial charge < -0.3 is 30.6 Å². The van der Waals surface area contributed by atoms with Gasteiger partial charge in [-0.3, -0.25) is 4.79 Å². The number of carbonyl (C=O) groups is 1. The van der Waals surface area contributed by atoms with Crippen molar-refractivity contribution in [1.29, 1.82) is 0 Å². The number of carboxylic acids is 1. The van der Waals surface area contributed by atoms with Crippen molar-refractivity contribution in [2.45, 2.75) is 12.8 Å². The SMILES string of the molecule is COC1=CC(C(=O)O)C=C(OC)C1.COC1=CC(CO)C=C(OC)C1.[AlH3].[H-].[Li+]. The van der Waals surface area contributed by atoms with E-state index in [0.29, 0.717) is 24.4 Å². The molecule has 0 saturated carbocycles. The van der Waals surface area contributed by atoms with Gasteiger partial charge in [-0.25, -0.2) is 0 Å². The van der Waals surface area contributed by atoms with Gasteiger partial charge in [-0.2, -0.15) is 0 Å². The van der Waals surface area contributed by atoms with Gasteiger partial charge in [-0.1, -0.05) is 0 Å². The topological polar surface area (TPSA) is 94.5 Å². The Labute approximate surface area is 184 Å². The maximum Gasteiger partial charge on any atom is 1.00 e. The first-order valence-corrected chi connectivity index (χ1v) is 7.79. The Bertz CT molecular complexity index is 550. The Kier molecular flexibility index (Phi) is 15.2. The summed E-state index contributed by atoms with van der Waals surface area (Å²) in [5.74, 6) is 1.46. The van der Waals surface area contributed by atoms with E-state index in [0.717, 1.165) is 11.5 Å². The summed E-state index contributed by atoms with van der Waals surface area (Å²) in [5.41, 5.74) is 0. The van der Waals surface area contributed by atoms with Gasteiger partial charge >= 0.3 is 24.8 Å². The quantitative estimate of drug-likeness (QED) is 0.512. The van der Waals surface area contributed by atoms with E-state index in [1.165, 1.54) is 14.2 Å². The molecule has 0 aromatic heterocycles. The Morgan fingerprint density at radius 1 is 0.926 bits per heavy atom. The average Bonchev–Trinajstić information content (AvgIpc) is 2.67. The molecule has 0 saturated heterocycles. The largest absolute Gasteiger partial charge is 1.00 e. The minimum absolute atomic E-state index is 0. The molecule has 2 aliphatic rings. The number of aliphatic hydroxyl groups excluding tert-OH is 1. The number of rotatable bonds is 6. The number of carboxylic acid groups (broad SMARTS) is 1. The van der Waals surface area contributed by atoms with E-state index >= 15 is 0 Å². The van der Waals surface area contributed by atoms with Crippen molar-refractivity contribution in [3.05, 3.63) is 47.3 Å². The van der Waals surface area contributed by atoms with Crippen LogP contribution in [0.1, 0.15) is 14.3 Å². The molecule has 148 valence electrons. The van der Waals surface area contributed by atoms with Crippen molar-refractivity contribution >= 4 is 23.3 Å². The van der Waals surface area contributed by atoms with Crippen LogP contribution in [0, 0.1) is 11.8 Å². The van der Waals surface area contributed by atoms with E-state index in [4.69, 9.17) is 29.2 Å². The summed E-state index contributed by atoms with van der Waals surface area (Å²) in [6.07, 6.45) is 8.17. The maximum absolute atomic E-state index is 10.7. The Morgan fingerprint density at radius 3 is 1.52 bits per heavy atom. The Balaban J connectivity index is -0.000000404. The number of hydrogen-bond acceptors (Lipinski definition) is 6. The zero-order chi connectivity index (χ0) is 18.8. The molecule has 0 bridgehead atoms. The van der Waals surface area contributed by atoms with Crippen LogP contribution in [-0.2, 0) is 23.7 Å². The minimum Gasteiger partial charge on any atom is -1.00 e. The molecule has 27 heavy (non-hydrogen) atoms. The fourth-order valence-electron chi connectivity index (χ4n) is 2.36. The smallest absolute Gasteiger partial charge is 1.00 e. The van der Waals surface area contributed by atoms with Crippen molar-refractivity contribution in [2.24, 2.45) is 11.8 Å². The van der Waals surface area contributed by atoms with E-state index in [9.17, 15) is 4.79 Å². The van der Waals surface area contributed by atoms with Crippen molar-refractivity contribution in [3.8, 4) is 0 Å². The molecule has 0 unspecified atom stereocenters. The standard InChI is InChI=1S/C9H12O4.C9H14O3.Al.Li.4H/c1-12-7-3-6(9(10)11)4-8(5-7)13-2;1-11-8-3-7(6-10)4-9(5-8)12-2;;;;;;/h3-4,6H,5H2,1-2H3,(H,10,11);3-4,7,10H,5-6H2,1-2H3;;;;;;/q;;;+1;;;;-1. The molecule has 0 aliphatic heterocycles. The molecule has 2 rings (SSSR count). The number of aliphatic carboxylic acids is 1. The fourth-order valence-corrected chi connectivity index (χ4v) is 2.36. The van der Waals surface area contributed by atoms with Crippen LogP contribution in [0.3, 0.4) is 0 Å². The first-order valence-electron chi connectivity index (χ1n) is 7.79. The monoisotopic (exact) mass is 392 g/mol. The van der Waals surface area contributed by atoms with Gasteiger partial charge in [0.05, 0.1) is 65.3 Å². The summed E-state index contributed by atoms with van der Waals surface area (Å²) >= 11 is 0. The number of ether oxygens (including phenoxy) is 4. The van der Waals surface area contributed by atoms with Crippen LogP contribution >= 0.6 is 0 Å². The molecule has 0 fully saturated rings. The van der Waals surface area contributed by atoms with Gasteiger partial charge in [0.1, 0.15) is 11.5 Å². The van der Waals surface area contributed by atoms with Gasteiger partial charge in [0, 0.05) is 5.92 Å². The summed E-state index contributed by atoms with van der Waals surface area (Å²) < 4.78 is 20.1. The minimum atomic E-state index is -0.899. The molecule has 0 radical (unpaired) electrons. The molecule has 9 heteroatoms. The van der Waals surface area contributed by atoms with Crippen LogP contribution in [0.15, 0.2) is 47.3 Å². The molecule has 7 nitrogen and oxygen atoms in total. The summed E-state index contributed by atoms with van der Waals surface area (Å²) in [6, 6.07) is 0. The maximum atomic E-state index is 10.7. The van der Waals surface area contributed by atoms with E-state index in [1.807, 2.05) is 12.2 Å². The molecular formula is C18H30AlLiO7. The second-order valence-corrected chi connectivity index (χ2v) is 5.41. The van der Waals surface area contributed by atoms with Gasteiger partial charge in [-0.05, 0) is 24.3 Å². The molecule has 0 heterocycles. The second-order valence-electron chi connectivity index (χ2n) is 5.41. The van der Waals surface area contributed by atoms with Crippen LogP contribution in [0.5, 0.6) is 0 Å². The summed E-state index contributed by atoms with van der Waals surface area (Å²) in [6.45, 7) is 0.0969. The molecule has 0 aromatic rings. The number of aliphatic hydroxyl groups is 1. The molecule has 2 N–H and O–H groups in total. The third-order valence-corrected chi connectivity index (χ3v) is 3.77. The van der Waals surface area contributed by atoms with Crippen molar-refractivity contribution in [1.82, 2.24) is 0 Å². The van der Waals surface area contributed by atoms with Crippen LogP contribution in [0.2, 0.25) is 0 Å². The van der Waals surface area contributed by atoms with E-state index in [-0.39, 0.29) is 50.2 Å². The van der Waals surface area contributed by atoms with Crippen LogP contribution in [0.25, 0.3) is 0 Å². The van der Waals surface area contributed by atoms with Gasteiger partial charge in [0.25, 0.3) is 0 Å². The fraction of sp³-hybridized carbons (Fsp3) is 0.500. The van der Waals surface area contributed by atoms with Crippen molar-refractivity contribution in [3.63, 3.8) is 0 Å². The molecule has 0 atom stereocenters. The zero-order valence-corrected chi connectivity index (χ0v) is 16.0. The van der Waals surface area contributed by atoms with Crippen LogP contribution in [-0.4, -0.2) is 68.6 Å². The molecular weight excluding hydrogens is 362 g/mol. The average molecular weight is 392 g/mol. The van der Waals surface area contributed by atoms with Crippen LogP contribution in [0.4, 0.5) is 0 Å². The zero-order valence-electron chi connectivity index (χ0n) is 17.0. The predicted molar refractivity (Wildman–Crippen MR) is 102 cm³/mol. The van der Waals surface area contributed by atoms with Gasteiger partial charge in [0.15, 0.2) is 17.4 Å². The molecule has 0 amide bonds. The first kappa shape index (κ1) is 27.9. The van der Waals surface area contributed by atoms with Gasteiger partial charge in [0.2, 0.25) is 0 Å². The Morgan fingerprint density at radius 2 is 1.26 bits per heavy atom. The predicted octanol–water partition coefficient (Wildman–Crippen LogP) is -1.86. The summed E-state index contributed by atoms with van der Waals surface area (Å²) in [7, 11) is 6.28. The second kappa shape index (κ2) is 14.7. The van der Waals surface area contributed by atoms with E-state index in [2.05, 4.69) is 0 Å². The molecule has 0 spiro atoms. The van der Waals surface area contributed by atoms with Gasteiger partial charge in [-0.15, -0.1) is 0 Å². The molecule has 0 aromatic carbocycles. The third-order valence-electron chi connectivity index (χ3n) is 3.77. The number of methoxy groups -OCH3 is 4. The summed E-state index contributed by atoms with van der Waals surface area (Å²) in [5, 5.41) is 17.7. The number of hydrogen-bond donors (Lipinski definition) is 2. The first-order chi connectivity index (χ1) is 12.0. The Hall–Kier alpha value is -1.28. The van der Waals surface area contributed by atoms with E-state index in [1.54, 1.807) is 26.4 Å². The van der Waals surface area contributed by atoms with Crippen LogP contribution < -0.4 is 18.9 Å². The third kappa shape index (κ3) is 9.46. The van der Waals surface area contributed by atoms with E-state index < -0.39 is 11.9 Å².